The van der Waals surface area contributed by atoms with Gasteiger partial charge in [0.25, 0.3) is 0 Å². The van der Waals surface area contributed by atoms with Gasteiger partial charge < -0.3 is 19.5 Å². The minimum Gasteiger partial charge on any atom is -0.506 e. The monoisotopic (exact) mass is 309 g/mol. The van der Waals surface area contributed by atoms with Gasteiger partial charge in [0.2, 0.25) is 6.79 Å². The van der Waals surface area contributed by atoms with E-state index in [0.29, 0.717) is 23.6 Å². The number of para-hydroxylation sites is 3. The van der Waals surface area contributed by atoms with Crippen molar-refractivity contribution in [1.29, 1.82) is 0 Å². The first-order valence-electron chi connectivity index (χ1n) is 7.40. The summed E-state index contributed by atoms with van der Waals surface area (Å²) in [5.41, 5.74) is 1.53. The lowest BCUT2D eigenvalue weighted by atomic mass is 9.95. The molecule has 0 saturated heterocycles. The number of fused-ring (bicyclic) bond motifs is 1. The van der Waals surface area contributed by atoms with E-state index < -0.39 is 0 Å². The molecular formula is C18H15NO4. The van der Waals surface area contributed by atoms with Gasteiger partial charge >= 0.3 is 0 Å². The third kappa shape index (κ3) is 2.30. The molecule has 2 aromatic rings. The van der Waals surface area contributed by atoms with Gasteiger partial charge in [0.1, 0.15) is 5.75 Å². The number of carbonyl (C=O) groups is 1. The number of hydrogen-bond donors (Lipinski definition) is 1. The first kappa shape index (κ1) is 13.7. The maximum Gasteiger partial charge on any atom is 0.231 e. The molecule has 0 saturated carbocycles. The highest BCUT2D eigenvalue weighted by Gasteiger charge is 2.31. The highest BCUT2D eigenvalue weighted by Crippen LogP contribution is 2.45. The number of hydrogen-bond acceptors (Lipinski definition) is 5. The number of rotatable bonds is 2. The molecule has 2 aromatic carbocycles. The molecule has 5 heteroatoms. The predicted molar refractivity (Wildman–Crippen MR) is 84.7 cm³/mol. The number of phenolic OH excluding ortho intramolecular Hbond substituents is 1. The third-order valence-corrected chi connectivity index (χ3v) is 4.10. The van der Waals surface area contributed by atoms with Crippen molar-refractivity contribution in [2.45, 2.75) is 12.5 Å². The Morgan fingerprint density at radius 1 is 1.09 bits per heavy atom. The molecule has 1 N–H and O–H groups in total. The van der Waals surface area contributed by atoms with Crippen molar-refractivity contribution in [2.24, 2.45) is 0 Å². The molecule has 4 rings (SSSR count). The Morgan fingerprint density at radius 3 is 2.83 bits per heavy atom. The van der Waals surface area contributed by atoms with Gasteiger partial charge in [0.05, 0.1) is 11.7 Å². The Bertz CT molecular complexity index is 799. The van der Waals surface area contributed by atoms with Crippen molar-refractivity contribution >= 4 is 11.5 Å². The molecule has 2 heterocycles. The SMILES string of the molecule is O=C1C=CN(c2ccccc2O)[C@@H](c2cccc3c2OCO3)C1. The van der Waals surface area contributed by atoms with Crippen LogP contribution >= 0.6 is 0 Å². The van der Waals surface area contributed by atoms with E-state index in [-0.39, 0.29) is 24.4 Å². The number of ether oxygens (including phenoxy) is 2. The molecule has 5 nitrogen and oxygen atoms in total. The molecule has 23 heavy (non-hydrogen) atoms. The highest BCUT2D eigenvalue weighted by molar-refractivity contribution is 5.93. The number of aromatic hydroxyl groups is 1. The van der Waals surface area contributed by atoms with Gasteiger partial charge in [0.15, 0.2) is 17.3 Å². The van der Waals surface area contributed by atoms with Crippen LogP contribution in [0.25, 0.3) is 0 Å². The maximum absolute atomic E-state index is 12.0. The average Bonchev–Trinajstić information content (AvgIpc) is 3.04. The zero-order chi connectivity index (χ0) is 15.8. The van der Waals surface area contributed by atoms with Gasteiger partial charge in [0, 0.05) is 18.2 Å². The van der Waals surface area contributed by atoms with E-state index in [1.165, 1.54) is 6.08 Å². The van der Waals surface area contributed by atoms with Crippen LogP contribution in [0.3, 0.4) is 0 Å². The second-order valence-corrected chi connectivity index (χ2v) is 5.48. The molecule has 0 bridgehead atoms. The fourth-order valence-electron chi connectivity index (χ4n) is 3.03. The number of ketones is 1. The molecule has 0 aromatic heterocycles. The Balaban J connectivity index is 1.82. The van der Waals surface area contributed by atoms with Gasteiger partial charge in [-0.15, -0.1) is 0 Å². The number of benzene rings is 2. The van der Waals surface area contributed by atoms with Gasteiger partial charge in [-0.05, 0) is 24.3 Å². The largest absolute Gasteiger partial charge is 0.506 e. The summed E-state index contributed by atoms with van der Waals surface area (Å²) < 4.78 is 11.0. The summed E-state index contributed by atoms with van der Waals surface area (Å²) in [4.78, 5) is 13.9. The Kier molecular flexibility index (Phi) is 3.19. The van der Waals surface area contributed by atoms with Crippen LogP contribution in [0.5, 0.6) is 17.2 Å². The average molecular weight is 309 g/mol. The molecule has 0 amide bonds. The van der Waals surface area contributed by atoms with E-state index in [4.69, 9.17) is 9.47 Å². The zero-order valence-electron chi connectivity index (χ0n) is 12.3. The molecule has 0 fully saturated rings. The quantitative estimate of drug-likeness (QED) is 0.923. The van der Waals surface area contributed by atoms with E-state index in [1.807, 2.05) is 35.2 Å². The Labute approximate surface area is 133 Å². The maximum atomic E-state index is 12.0. The van der Waals surface area contributed by atoms with Gasteiger partial charge in [-0.2, -0.15) is 0 Å². The number of allylic oxidation sites excluding steroid dienone is 1. The zero-order valence-corrected chi connectivity index (χ0v) is 12.3. The third-order valence-electron chi connectivity index (χ3n) is 4.10. The second-order valence-electron chi connectivity index (χ2n) is 5.48. The van der Waals surface area contributed by atoms with Crippen molar-refractivity contribution < 1.29 is 19.4 Å². The van der Waals surface area contributed by atoms with Crippen molar-refractivity contribution in [2.75, 3.05) is 11.7 Å². The molecular weight excluding hydrogens is 294 g/mol. The molecule has 0 unspecified atom stereocenters. The predicted octanol–water partition coefficient (Wildman–Crippen LogP) is 3.16. The number of nitrogens with zero attached hydrogens (tertiary/aromatic N) is 1. The summed E-state index contributed by atoms with van der Waals surface area (Å²) in [6, 6.07) is 12.5. The lowest BCUT2D eigenvalue weighted by Crippen LogP contribution is -2.29. The normalized spacial score (nSPS) is 19.2. The van der Waals surface area contributed by atoms with Crippen molar-refractivity contribution in [3.63, 3.8) is 0 Å². The van der Waals surface area contributed by atoms with Crippen LogP contribution < -0.4 is 14.4 Å². The lowest BCUT2D eigenvalue weighted by molar-refractivity contribution is -0.115. The number of anilines is 1. The van der Waals surface area contributed by atoms with Crippen LogP contribution in [0.2, 0.25) is 0 Å². The number of carbonyl (C=O) groups excluding carboxylic acids is 1. The molecule has 0 aliphatic carbocycles. The number of phenols is 1. The lowest BCUT2D eigenvalue weighted by Gasteiger charge is -2.33. The van der Waals surface area contributed by atoms with E-state index in [2.05, 4.69) is 0 Å². The molecule has 2 aliphatic rings. The summed E-state index contributed by atoms with van der Waals surface area (Å²) in [6.07, 6.45) is 3.55. The smallest absolute Gasteiger partial charge is 0.231 e. The minimum atomic E-state index is -0.252. The van der Waals surface area contributed by atoms with Crippen LogP contribution in [-0.4, -0.2) is 17.7 Å². The van der Waals surface area contributed by atoms with E-state index in [0.717, 1.165) is 5.56 Å². The Morgan fingerprint density at radius 2 is 1.96 bits per heavy atom. The molecule has 0 radical (unpaired) electrons. The van der Waals surface area contributed by atoms with Crippen LogP contribution in [0.15, 0.2) is 54.7 Å². The van der Waals surface area contributed by atoms with Crippen molar-refractivity contribution in [3.8, 4) is 17.2 Å². The summed E-state index contributed by atoms with van der Waals surface area (Å²) >= 11 is 0. The van der Waals surface area contributed by atoms with Gasteiger partial charge in [-0.1, -0.05) is 24.3 Å². The summed E-state index contributed by atoms with van der Waals surface area (Å²) in [5.74, 6) is 1.56. The topological polar surface area (TPSA) is 59.0 Å². The fraction of sp³-hybridized carbons (Fsp3) is 0.167. The summed E-state index contributed by atoms with van der Waals surface area (Å²) in [5, 5.41) is 10.2. The van der Waals surface area contributed by atoms with E-state index in [1.54, 1.807) is 18.3 Å². The minimum absolute atomic E-state index is 0.0400. The second kappa shape index (κ2) is 5.35. The molecule has 0 spiro atoms. The summed E-state index contributed by atoms with van der Waals surface area (Å²) in [6.45, 7) is 0.180. The first-order chi connectivity index (χ1) is 11.2. The highest BCUT2D eigenvalue weighted by atomic mass is 16.7. The molecule has 1 atom stereocenters. The van der Waals surface area contributed by atoms with Crippen LogP contribution in [0, 0.1) is 0 Å². The van der Waals surface area contributed by atoms with Crippen LogP contribution in [-0.2, 0) is 4.79 Å². The first-order valence-corrected chi connectivity index (χ1v) is 7.40. The standard InChI is InChI=1S/C18H15NO4/c20-12-8-9-19(14-5-1-2-6-16(14)21)15(10-12)13-4-3-7-17-18(13)23-11-22-17/h1-9,15,21H,10-11H2/t15-/m1/s1. The molecule has 2 aliphatic heterocycles. The van der Waals surface area contributed by atoms with Crippen LogP contribution in [0.4, 0.5) is 5.69 Å². The van der Waals surface area contributed by atoms with Crippen molar-refractivity contribution in [1.82, 2.24) is 0 Å². The van der Waals surface area contributed by atoms with E-state index in [9.17, 15) is 9.90 Å². The van der Waals surface area contributed by atoms with E-state index >= 15 is 0 Å². The van der Waals surface area contributed by atoms with Crippen LogP contribution in [0.1, 0.15) is 18.0 Å². The Hall–Kier alpha value is -2.95. The molecule has 116 valence electrons. The fourth-order valence-corrected chi connectivity index (χ4v) is 3.03. The van der Waals surface area contributed by atoms with Gasteiger partial charge in [-0.3, -0.25) is 4.79 Å². The summed E-state index contributed by atoms with van der Waals surface area (Å²) in [7, 11) is 0. The van der Waals surface area contributed by atoms with Crippen molar-refractivity contribution in [3.05, 3.63) is 60.3 Å². The van der Waals surface area contributed by atoms with Gasteiger partial charge in [-0.25, -0.2) is 0 Å².